The molecule has 0 bridgehead atoms. The number of aliphatic hydroxyl groups excluding tert-OH is 1. The topological polar surface area (TPSA) is 184 Å². The predicted molar refractivity (Wildman–Crippen MR) is 196 cm³/mol. The van der Waals surface area contributed by atoms with Gasteiger partial charge in [-0.1, -0.05) is 71.4 Å². The van der Waals surface area contributed by atoms with Crippen LogP contribution in [0.3, 0.4) is 0 Å². The van der Waals surface area contributed by atoms with Gasteiger partial charge in [0.15, 0.2) is 0 Å². The molecule has 51 heavy (non-hydrogen) atoms. The Bertz CT molecular complexity index is 1260. The van der Waals surface area contributed by atoms with Gasteiger partial charge in [0, 0.05) is 27.8 Å². The van der Waals surface area contributed by atoms with Crippen molar-refractivity contribution in [1.29, 1.82) is 0 Å². The molecular formula is C38H65N5O8. The molecule has 2 rings (SSSR count). The monoisotopic (exact) mass is 719 g/mol. The molecule has 0 aliphatic carbocycles. The fourth-order valence-electron chi connectivity index (χ4n) is 7.00. The highest BCUT2D eigenvalue weighted by Crippen LogP contribution is 2.29. The quantitative estimate of drug-likeness (QED) is 0.134. The van der Waals surface area contributed by atoms with Crippen molar-refractivity contribution >= 4 is 23.6 Å². The van der Waals surface area contributed by atoms with Crippen LogP contribution in [0.25, 0.3) is 0 Å². The molecule has 0 aromatic heterocycles. The third-order valence-corrected chi connectivity index (χ3v) is 10.4. The summed E-state index contributed by atoms with van der Waals surface area (Å²) in [7, 11) is 4.72. The van der Waals surface area contributed by atoms with Crippen molar-refractivity contribution in [3.05, 3.63) is 35.9 Å². The molecule has 0 unspecified atom stereocenters. The first kappa shape index (κ1) is 44.1. The molecule has 1 aromatic rings. The van der Waals surface area contributed by atoms with Crippen LogP contribution >= 0.6 is 0 Å². The van der Waals surface area contributed by atoms with E-state index in [0.29, 0.717) is 25.8 Å². The number of carbonyl (C=O) groups excluding carboxylic acids is 4. The summed E-state index contributed by atoms with van der Waals surface area (Å²) in [6.07, 6.45) is 1.30. The highest BCUT2D eigenvalue weighted by molar-refractivity contribution is 5.90. The largest absolute Gasteiger partial charge is 0.394 e. The number of rotatable bonds is 20. The van der Waals surface area contributed by atoms with E-state index >= 15 is 0 Å². The first-order valence-corrected chi connectivity index (χ1v) is 18.3. The number of carbonyl (C=O) groups is 4. The van der Waals surface area contributed by atoms with Gasteiger partial charge in [0.1, 0.15) is 12.1 Å². The van der Waals surface area contributed by atoms with Crippen LogP contribution in [0.4, 0.5) is 0 Å². The number of ether oxygens (including phenoxy) is 2. The number of nitrogens with zero attached hydrogens (tertiary/aromatic N) is 2. The second-order valence-electron chi connectivity index (χ2n) is 15.0. The van der Waals surface area contributed by atoms with E-state index in [0.717, 1.165) is 12.0 Å². The minimum Gasteiger partial charge on any atom is -0.394 e. The number of benzene rings is 1. The fourth-order valence-corrected chi connectivity index (χ4v) is 7.00. The number of likely N-dealkylation sites (N-methyl/N-ethyl adjacent to an activating group) is 1. The molecule has 1 fully saturated rings. The normalized spacial score (nSPS) is 19.7. The van der Waals surface area contributed by atoms with Crippen molar-refractivity contribution in [2.24, 2.45) is 23.5 Å². The minimum atomic E-state index is -1.48. The molecule has 0 saturated carbocycles. The lowest BCUT2D eigenvalue weighted by atomic mass is 9.89. The predicted octanol–water partition coefficient (Wildman–Crippen LogP) is 1.87. The van der Waals surface area contributed by atoms with Crippen molar-refractivity contribution in [3.8, 4) is 0 Å². The molecule has 13 heteroatoms. The van der Waals surface area contributed by atoms with Gasteiger partial charge in [0.2, 0.25) is 23.6 Å². The van der Waals surface area contributed by atoms with E-state index < -0.39 is 53.8 Å². The Hall–Kier alpha value is -3.10. The summed E-state index contributed by atoms with van der Waals surface area (Å²) in [6.45, 7) is 12.5. The molecule has 9 atom stereocenters. The standard InChI is InChI=1S/C38H65N5O8/c1-11-24(4)32(42(8)37(48)31(23(2)3)41-36(47)34(39)38(6,7)49)29(50-9)21-30(45)43-19-15-18-28(43)33(51-10)25(5)35(46)40-27(22-44)20-26-16-13-12-14-17-26/h12-14,16-17,23-25,27-29,31-34,44,49H,11,15,18-22,39H2,1-10H3,(H,40,46)(H,41,47)/t24-,25+,27-,28-,29+,31-,32-,33+,34+/m0/s1. The van der Waals surface area contributed by atoms with Crippen LogP contribution in [-0.2, 0) is 35.1 Å². The number of amides is 4. The Labute approximate surface area is 305 Å². The van der Waals surface area contributed by atoms with Gasteiger partial charge in [0.25, 0.3) is 0 Å². The summed E-state index contributed by atoms with van der Waals surface area (Å²) < 4.78 is 11.8. The Morgan fingerprint density at radius 2 is 1.67 bits per heavy atom. The molecule has 13 nitrogen and oxygen atoms in total. The third-order valence-electron chi connectivity index (χ3n) is 10.4. The fraction of sp³-hybridized carbons (Fsp3) is 0.737. The molecule has 1 aliphatic heterocycles. The number of hydrogen-bond donors (Lipinski definition) is 5. The van der Waals surface area contributed by atoms with Crippen molar-refractivity contribution in [3.63, 3.8) is 0 Å². The average Bonchev–Trinajstić information content (AvgIpc) is 3.58. The Morgan fingerprint density at radius 1 is 1.04 bits per heavy atom. The van der Waals surface area contributed by atoms with Gasteiger partial charge in [-0.25, -0.2) is 0 Å². The zero-order valence-electron chi connectivity index (χ0n) is 32.4. The van der Waals surface area contributed by atoms with Crippen LogP contribution < -0.4 is 16.4 Å². The van der Waals surface area contributed by atoms with Crippen molar-refractivity contribution in [1.82, 2.24) is 20.4 Å². The number of likely N-dealkylation sites (tertiary alicyclic amines) is 1. The van der Waals surface area contributed by atoms with E-state index in [1.54, 1.807) is 30.9 Å². The van der Waals surface area contributed by atoms with Crippen LogP contribution in [0.1, 0.15) is 79.7 Å². The zero-order chi connectivity index (χ0) is 38.6. The molecule has 6 N–H and O–H groups in total. The van der Waals surface area contributed by atoms with Crippen molar-refractivity contribution < 1.29 is 38.9 Å². The second kappa shape index (κ2) is 20.2. The Balaban J connectivity index is 2.24. The SMILES string of the molecule is CC[C@H](C)[C@@H]([C@@H](CC(=O)N1CCC[C@H]1[C@H](OC)[C@@H](C)C(=O)N[C@H](CO)Cc1ccccc1)OC)N(C)C(=O)[C@@H](NC(=O)[C@@H](N)C(C)(C)O)C(C)C. The van der Waals surface area contributed by atoms with Gasteiger partial charge in [-0.05, 0) is 50.5 Å². The molecular weight excluding hydrogens is 654 g/mol. The smallest absolute Gasteiger partial charge is 0.245 e. The maximum Gasteiger partial charge on any atom is 0.245 e. The zero-order valence-corrected chi connectivity index (χ0v) is 32.4. The summed E-state index contributed by atoms with van der Waals surface area (Å²) in [6, 6.07) is 6.12. The maximum atomic E-state index is 14.1. The third kappa shape index (κ3) is 12.0. The first-order chi connectivity index (χ1) is 23.9. The summed E-state index contributed by atoms with van der Waals surface area (Å²) in [5, 5.41) is 26.0. The molecule has 1 aliphatic rings. The van der Waals surface area contributed by atoms with Crippen molar-refractivity contribution in [2.75, 3.05) is 34.4 Å². The summed E-state index contributed by atoms with van der Waals surface area (Å²) in [5.74, 6) is -2.40. The van der Waals surface area contributed by atoms with Gasteiger partial charge in [-0.3, -0.25) is 19.2 Å². The van der Waals surface area contributed by atoms with Crippen molar-refractivity contribution in [2.45, 2.75) is 129 Å². The molecule has 1 aromatic carbocycles. The number of nitrogens with two attached hydrogens (primary N) is 1. The van der Waals surface area contributed by atoms with Crippen LogP contribution in [-0.4, -0.2) is 126 Å². The van der Waals surface area contributed by atoms with E-state index in [9.17, 15) is 29.4 Å². The minimum absolute atomic E-state index is 0.0113. The highest BCUT2D eigenvalue weighted by atomic mass is 16.5. The van der Waals surface area contributed by atoms with Gasteiger partial charge < -0.3 is 45.9 Å². The van der Waals surface area contributed by atoms with E-state index in [2.05, 4.69) is 10.6 Å². The summed E-state index contributed by atoms with van der Waals surface area (Å²) in [5.41, 5.74) is 5.49. The van der Waals surface area contributed by atoms with Gasteiger partial charge in [0.05, 0.1) is 54.9 Å². The van der Waals surface area contributed by atoms with Crippen LogP contribution in [0.15, 0.2) is 30.3 Å². The highest BCUT2D eigenvalue weighted by Gasteiger charge is 2.43. The molecule has 0 radical (unpaired) electrons. The van der Waals surface area contributed by atoms with E-state index in [1.165, 1.54) is 21.0 Å². The Kier molecular flexibility index (Phi) is 17.5. The number of methoxy groups -OCH3 is 2. The summed E-state index contributed by atoms with van der Waals surface area (Å²) >= 11 is 0. The van der Waals surface area contributed by atoms with Gasteiger partial charge in [-0.15, -0.1) is 0 Å². The number of hydrogen-bond acceptors (Lipinski definition) is 9. The molecule has 1 heterocycles. The molecule has 4 amide bonds. The molecule has 290 valence electrons. The van der Waals surface area contributed by atoms with E-state index in [-0.39, 0.29) is 48.6 Å². The van der Waals surface area contributed by atoms with E-state index in [1.807, 2.05) is 58.0 Å². The maximum absolute atomic E-state index is 14.1. The lowest BCUT2D eigenvalue weighted by molar-refractivity contribution is -0.148. The van der Waals surface area contributed by atoms with Gasteiger partial charge >= 0.3 is 0 Å². The first-order valence-electron chi connectivity index (χ1n) is 18.3. The van der Waals surface area contributed by atoms with Crippen LogP contribution in [0, 0.1) is 17.8 Å². The van der Waals surface area contributed by atoms with Crippen LogP contribution in [0.2, 0.25) is 0 Å². The lowest BCUT2D eigenvalue weighted by Crippen LogP contribution is -2.61. The molecule has 1 saturated heterocycles. The lowest BCUT2D eigenvalue weighted by Gasteiger charge is -2.41. The van der Waals surface area contributed by atoms with Gasteiger partial charge in [-0.2, -0.15) is 0 Å². The second-order valence-corrected chi connectivity index (χ2v) is 15.0. The molecule has 0 spiro atoms. The summed E-state index contributed by atoms with van der Waals surface area (Å²) in [4.78, 5) is 57.8. The van der Waals surface area contributed by atoms with Crippen LogP contribution in [0.5, 0.6) is 0 Å². The number of nitrogens with one attached hydrogen (secondary N) is 2. The Morgan fingerprint density at radius 3 is 2.18 bits per heavy atom. The van der Waals surface area contributed by atoms with E-state index in [4.69, 9.17) is 15.2 Å². The average molecular weight is 720 g/mol. The number of aliphatic hydroxyl groups is 2.